The van der Waals surface area contributed by atoms with E-state index in [1.165, 1.54) is 24.5 Å². The van der Waals surface area contributed by atoms with Crippen LogP contribution < -0.4 is 5.73 Å². The number of nitrogen functional groups attached to an aromatic ring is 1. The van der Waals surface area contributed by atoms with Gasteiger partial charge < -0.3 is 10.7 Å². The predicted molar refractivity (Wildman–Crippen MR) is 75.3 cm³/mol. The molecule has 0 saturated heterocycles. The molecule has 0 radical (unpaired) electrons. The molecule has 0 atom stereocenters. The van der Waals surface area contributed by atoms with Crippen molar-refractivity contribution in [3.05, 3.63) is 58.6 Å². The average Bonchev–Trinajstić information content (AvgIpc) is 2.83. The Morgan fingerprint density at radius 2 is 2.10 bits per heavy atom. The van der Waals surface area contributed by atoms with Crippen molar-refractivity contribution < 1.29 is 9.18 Å². The number of halogens is 2. The van der Waals surface area contributed by atoms with Gasteiger partial charge in [0.25, 0.3) is 0 Å². The second-order valence-electron chi connectivity index (χ2n) is 4.29. The van der Waals surface area contributed by atoms with Gasteiger partial charge >= 0.3 is 0 Å². The number of benzene rings is 1. The Morgan fingerprint density at radius 3 is 2.85 bits per heavy atom. The van der Waals surface area contributed by atoms with Gasteiger partial charge in [0.1, 0.15) is 11.5 Å². The van der Waals surface area contributed by atoms with Gasteiger partial charge in [0.15, 0.2) is 5.78 Å². The fraction of sp³-hybridized carbons (Fsp3) is 0. The third kappa shape index (κ3) is 1.92. The second-order valence-corrected chi connectivity index (χ2v) is 4.69. The molecule has 1 aromatic carbocycles. The number of nitrogens with zero attached hydrogens (tertiary/aromatic N) is 1. The van der Waals surface area contributed by atoms with E-state index in [4.69, 9.17) is 17.3 Å². The van der Waals surface area contributed by atoms with Crippen molar-refractivity contribution in [2.45, 2.75) is 0 Å². The summed E-state index contributed by atoms with van der Waals surface area (Å²) in [6, 6.07) is 5.52. The second kappa shape index (κ2) is 4.61. The summed E-state index contributed by atoms with van der Waals surface area (Å²) in [5, 5.41) is 0.867. The number of aromatic amines is 1. The van der Waals surface area contributed by atoms with Crippen LogP contribution in [0.1, 0.15) is 15.9 Å². The summed E-state index contributed by atoms with van der Waals surface area (Å²) in [5.74, 6) is -1.13. The number of nitrogens with one attached hydrogen (secondary N) is 1. The normalized spacial score (nSPS) is 10.9. The quantitative estimate of drug-likeness (QED) is 0.562. The van der Waals surface area contributed by atoms with E-state index < -0.39 is 11.6 Å². The number of hydrogen-bond donors (Lipinski definition) is 2. The van der Waals surface area contributed by atoms with Gasteiger partial charge in [-0.05, 0) is 24.3 Å². The van der Waals surface area contributed by atoms with E-state index in [0.29, 0.717) is 16.1 Å². The van der Waals surface area contributed by atoms with Crippen LogP contribution in [0.5, 0.6) is 0 Å². The third-order valence-electron chi connectivity index (χ3n) is 3.01. The molecule has 20 heavy (non-hydrogen) atoms. The molecule has 0 aliphatic carbocycles. The minimum Gasteiger partial charge on any atom is -0.399 e. The van der Waals surface area contributed by atoms with Crippen molar-refractivity contribution in [2.75, 3.05) is 5.73 Å². The van der Waals surface area contributed by atoms with Crippen LogP contribution >= 0.6 is 11.6 Å². The van der Waals surface area contributed by atoms with Crippen LogP contribution in [0.25, 0.3) is 11.0 Å². The smallest absolute Gasteiger partial charge is 0.198 e. The summed E-state index contributed by atoms with van der Waals surface area (Å²) in [6.07, 6.45) is 3.00. The van der Waals surface area contributed by atoms with Crippen molar-refractivity contribution in [2.24, 2.45) is 0 Å². The van der Waals surface area contributed by atoms with Gasteiger partial charge in [0.05, 0.1) is 16.1 Å². The molecule has 0 aliphatic rings. The number of anilines is 1. The van der Waals surface area contributed by atoms with E-state index >= 15 is 0 Å². The molecule has 0 spiro atoms. The average molecular weight is 290 g/mol. The van der Waals surface area contributed by atoms with E-state index in [0.717, 1.165) is 6.07 Å². The molecule has 0 aliphatic heterocycles. The van der Waals surface area contributed by atoms with E-state index in [-0.39, 0.29) is 16.8 Å². The van der Waals surface area contributed by atoms with Gasteiger partial charge in [-0.25, -0.2) is 9.37 Å². The SMILES string of the molecule is Nc1ccc(C(=O)c2c[nH]c3nccc(Cl)c23)c(F)c1. The number of pyridine rings is 1. The van der Waals surface area contributed by atoms with Gasteiger partial charge in [-0.2, -0.15) is 0 Å². The molecule has 3 rings (SSSR count). The lowest BCUT2D eigenvalue weighted by Gasteiger charge is -2.03. The number of carbonyl (C=O) groups is 1. The highest BCUT2D eigenvalue weighted by molar-refractivity contribution is 6.37. The van der Waals surface area contributed by atoms with Crippen LogP contribution in [0.4, 0.5) is 10.1 Å². The Kier molecular flexibility index (Phi) is 2.91. The first kappa shape index (κ1) is 12.6. The van der Waals surface area contributed by atoms with Crippen LogP contribution in [0.15, 0.2) is 36.7 Å². The van der Waals surface area contributed by atoms with Crippen LogP contribution in [-0.2, 0) is 0 Å². The molecule has 0 amide bonds. The fourth-order valence-corrected chi connectivity index (χ4v) is 2.30. The minimum atomic E-state index is -0.663. The zero-order valence-corrected chi connectivity index (χ0v) is 10.9. The summed E-state index contributed by atoms with van der Waals surface area (Å²) >= 11 is 6.07. The Labute approximate surface area is 118 Å². The van der Waals surface area contributed by atoms with Crippen molar-refractivity contribution in [3.8, 4) is 0 Å². The van der Waals surface area contributed by atoms with Gasteiger partial charge in [0.2, 0.25) is 0 Å². The van der Waals surface area contributed by atoms with Crippen LogP contribution in [0.2, 0.25) is 5.02 Å². The summed E-state index contributed by atoms with van der Waals surface area (Å²) in [4.78, 5) is 19.3. The van der Waals surface area contributed by atoms with E-state index in [1.807, 2.05) is 0 Å². The minimum absolute atomic E-state index is 0.0555. The molecule has 2 aromatic heterocycles. The topological polar surface area (TPSA) is 71.8 Å². The lowest BCUT2D eigenvalue weighted by Crippen LogP contribution is -2.04. The fourth-order valence-electron chi connectivity index (χ4n) is 2.06. The third-order valence-corrected chi connectivity index (χ3v) is 3.32. The van der Waals surface area contributed by atoms with Crippen LogP contribution in [0.3, 0.4) is 0 Å². The number of hydrogen-bond acceptors (Lipinski definition) is 3. The van der Waals surface area contributed by atoms with Crippen molar-refractivity contribution in [3.63, 3.8) is 0 Å². The number of H-pyrrole nitrogens is 1. The Bertz CT molecular complexity index is 828. The largest absolute Gasteiger partial charge is 0.399 e. The molecule has 3 aromatic rings. The Hall–Kier alpha value is -2.40. The lowest BCUT2D eigenvalue weighted by atomic mass is 10.0. The van der Waals surface area contributed by atoms with Crippen molar-refractivity contribution in [1.82, 2.24) is 9.97 Å². The first-order valence-electron chi connectivity index (χ1n) is 5.79. The van der Waals surface area contributed by atoms with Crippen molar-refractivity contribution in [1.29, 1.82) is 0 Å². The maximum absolute atomic E-state index is 13.8. The summed E-state index contributed by atoms with van der Waals surface area (Å²) in [5.41, 5.74) is 6.44. The molecule has 0 saturated carbocycles. The number of carbonyl (C=O) groups excluding carboxylic acids is 1. The highest BCUT2D eigenvalue weighted by Crippen LogP contribution is 2.27. The highest BCUT2D eigenvalue weighted by Gasteiger charge is 2.19. The van der Waals surface area contributed by atoms with E-state index in [1.54, 1.807) is 6.07 Å². The van der Waals surface area contributed by atoms with Gasteiger partial charge in [-0.3, -0.25) is 4.79 Å². The molecular weight excluding hydrogens is 281 g/mol. The zero-order valence-electron chi connectivity index (χ0n) is 10.2. The lowest BCUT2D eigenvalue weighted by molar-refractivity contribution is 0.103. The number of ketones is 1. The molecule has 4 nitrogen and oxygen atoms in total. The Balaban J connectivity index is 2.18. The van der Waals surface area contributed by atoms with Gasteiger partial charge in [-0.1, -0.05) is 11.6 Å². The summed E-state index contributed by atoms with van der Waals surface area (Å²) < 4.78 is 13.8. The van der Waals surface area contributed by atoms with E-state index in [9.17, 15) is 9.18 Å². The predicted octanol–water partition coefficient (Wildman–Crippen LogP) is 3.17. The number of nitrogens with two attached hydrogens (primary N) is 1. The maximum atomic E-state index is 13.8. The standard InChI is InChI=1S/C14H9ClFN3O/c15-10-3-4-18-14-12(10)9(6-19-14)13(20)8-2-1-7(17)5-11(8)16/h1-6H,17H2,(H,18,19). The highest BCUT2D eigenvalue weighted by atomic mass is 35.5. The molecule has 0 unspecified atom stereocenters. The first-order chi connectivity index (χ1) is 9.58. The van der Waals surface area contributed by atoms with Crippen molar-refractivity contribution >= 4 is 34.1 Å². The van der Waals surface area contributed by atoms with Gasteiger partial charge in [-0.15, -0.1) is 0 Å². The number of aromatic nitrogens is 2. The molecule has 100 valence electrons. The molecule has 0 bridgehead atoms. The zero-order chi connectivity index (χ0) is 14.3. The molecule has 6 heteroatoms. The first-order valence-corrected chi connectivity index (χ1v) is 6.17. The van der Waals surface area contributed by atoms with E-state index in [2.05, 4.69) is 9.97 Å². The molecule has 3 N–H and O–H groups in total. The Morgan fingerprint density at radius 1 is 1.30 bits per heavy atom. The maximum Gasteiger partial charge on any atom is 0.198 e. The molecule has 0 fully saturated rings. The number of fused-ring (bicyclic) bond motifs is 1. The molecular formula is C14H9ClFN3O. The van der Waals surface area contributed by atoms with Gasteiger partial charge in [0, 0.05) is 23.5 Å². The molecule has 2 heterocycles. The van der Waals surface area contributed by atoms with Crippen LogP contribution in [-0.4, -0.2) is 15.8 Å². The monoisotopic (exact) mass is 289 g/mol. The number of rotatable bonds is 2. The van der Waals surface area contributed by atoms with Crippen LogP contribution in [0, 0.1) is 5.82 Å². The summed E-state index contributed by atoms with van der Waals surface area (Å²) in [7, 11) is 0. The summed E-state index contributed by atoms with van der Waals surface area (Å²) in [6.45, 7) is 0.